The lowest BCUT2D eigenvalue weighted by molar-refractivity contribution is -0.152. The van der Waals surface area contributed by atoms with Gasteiger partial charge in [0.05, 0.1) is 6.10 Å². The number of ether oxygens (including phenoxy) is 1. The molecule has 9 nitrogen and oxygen atoms in total. The van der Waals surface area contributed by atoms with Crippen molar-refractivity contribution in [2.24, 2.45) is 0 Å². The molecule has 0 unspecified atom stereocenters. The number of hydrogen-bond donors (Lipinski definition) is 2. The van der Waals surface area contributed by atoms with Crippen LogP contribution in [0.3, 0.4) is 0 Å². The maximum atomic E-state index is 11.8. The molecule has 0 heterocycles. The fourth-order valence-electron chi connectivity index (χ4n) is 1.29. The number of carbonyl (C=O) groups is 3. The van der Waals surface area contributed by atoms with Gasteiger partial charge >= 0.3 is 12.2 Å². The molecule has 0 aromatic rings. The predicted molar refractivity (Wildman–Crippen MR) is 68.7 cm³/mol. The summed E-state index contributed by atoms with van der Waals surface area (Å²) in [5.74, 6) is -2.42. The minimum Gasteiger partial charge on any atom is -0.461 e. The van der Waals surface area contributed by atoms with E-state index in [-0.39, 0.29) is 12.8 Å². The fourth-order valence-corrected chi connectivity index (χ4v) is 1.29. The van der Waals surface area contributed by atoms with Crippen molar-refractivity contribution in [2.45, 2.75) is 44.9 Å². The Morgan fingerprint density at radius 1 is 1.48 bits per heavy atom. The third-order valence-electron chi connectivity index (χ3n) is 2.20. The Bertz CT molecular complexity index is 490. The zero-order valence-corrected chi connectivity index (χ0v) is 11.6. The maximum Gasteiger partial charge on any atom is 0.328 e. The molecule has 0 radical (unpaired) electrons. The van der Waals surface area contributed by atoms with Gasteiger partial charge in [0.1, 0.15) is 12.1 Å². The van der Waals surface area contributed by atoms with Crippen LogP contribution in [0.4, 0.5) is 0 Å². The molecule has 1 amide bonds. The van der Waals surface area contributed by atoms with Gasteiger partial charge in [0.2, 0.25) is 11.9 Å². The third-order valence-corrected chi connectivity index (χ3v) is 2.20. The van der Waals surface area contributed by atoms with Gasteiger partial charge in [-0.3, -0.25) is 9.59 Å². The Hall–Kier alpha value is -2.56. The molecule has 21 heavy (non-hydrogen) atoms. The molecule has 2 N–H and O–H groups in total. The Labute approximate surface area is 121 Å². The Balaban J connectivity index is 4.80. The summed E-state index contributed by atoms with van der Waals surface area (Å²) >= 11 is 0. The van der Waals surface area contributed by atoms with E-state index in [1.165, 1.54) is 6.07 Å². The zero-order valence-electron chi connectivity index (χ0n) is 11.6. The van der Waals surface area contributed by atoms with E-state index >= 15 is 0 Å². The van der Waals surface area contributed by atoms with Gasteiger partial charge in [-0.1, -0.05) is 0 Å². The van der Waals surface area contributed by atoms with Crippen molar-refractivity contribution >= 4 is 23.9 Å². The molecule has 0 aliphatic carbocycles. The summed E-state index contributed by atoms with van der Waals surface area (Å²) in [6, 6.07) is 0.110. The molecule has 0 bridgehead atoms. The van der Waals surface area contributed by atoms with Crippen LogP contribution >= 0.6 is 0 Å². The Kier molecular flexibility index (Phi) is 8.22. The highest BCUT2D eigenvalue weighted by Gasteiger charge is 2.26. The van der Waals surface area contributed by atoms with E-state index in [0.29, 0.717) is 6.21 Å². The monoisotopic (exact) mass is 296 g/mol. The molecule has 0 saturated heterocycles. The molecular weight excluding hydrogens is 280 g/mol. The third kappa shape index (κ3) is 7.57. The standard InChI is InChI=1S/C12H16N4O5/c1-7(2)21-12(20)9(4-3-8(17)6-15-14)16-11(19)10(18)5-13/h6-7,9-10,18H,3-4H2,1-2H3,(H,16,19)/t9-,10-/m0/s1. The molecule has 0 aliphatic rings. The molecule has 0 spiro atoms. The van der Waals surface area contributed by atoms with Crippen LogP contribution in [0, 0.1) is 11.3 Å². The lowest BCUT2D eigenvalue weighted by Gasteiger charge is -2.18. The van der Waals surface area contributed by atoms with Gasteiger partial charge in [-0.25, -0.2) is 4.79 Å². The summed E-state index contributed by atoms with van der Waals surface area (Å²) in [4.78, 5) is 36.9. The first-order valence-corrected chi connectivity index (χ1v) is 6.10. The van der Waals surface area contributed by atoms with Crippen LogP contribution in [0.1, 0.15) is 26.7 Å². The summed E-state index contributed by atoms with van der Waals surface area (Å²) in [7, 11) is 0. The molecule has 0 fully saturated rings. The summed E-state index contributed by atoms with van der Waals surface area (Å²) in [5.41, 5.74) is 8.20. The van der Waals surface area contributed by atoms with Crippen molar-refractivity contribution in [3.8, 4) is 6.07 Å². The van der Waals surface area contributed by atoms with E-state index in [1.54, 1.807) is 13.8 Å². The van der Waals surface area contributed by atoms with Crippen molar-refractivity contribution < 1.29 is 29.0 Å². The number of carbonyl (C=O) groups excluding carboxylic acids is 3. The molecule has 9 heteroatoms. The van der Waals surface area contributed by atoms with E-state index in [9.17, 15) is 14.4 Å². The van der Waals surface area contributed by atoms with E-state index in [4.69, 9.17) is 20.6 Å². The average Bonchev–Trinajstić information content (AvgIpc) is 2.41. The number of nitrogens with zero attached hydrogens (tertiary/aromatic N) is 3. The van der Waals surface area contributed by atoms with Crippen molar-refractivity contribution in [2.75, 3.05) is 0 Å². The lowest BCUT2D eigenvalue weighted by atomic mass is 10.1. The zero-order chi connectivity index (χ0) is 16.4. The number of aliphatic hydroxyl groups is 1. The lowest BCUT2D eigenvalue weighted by Crippen LogP contribution is -2.46. The minimum absolute atomic E-state index is 0.125. The largest absolute Gasteiger partial charge is 0.461 e. The first-order chi connectivity index (χ1) is 9.81. The van der Waals surface area contributed by atoms with Gasteiger partial charge in [-0.2, -0.15) is 10.1 Å². The SMILES string of the molecule is CC(C)OC(=O)[C@H](CCC(=O)C=[N+]=[N-])NC(=O)[C@@H](O)C#N. The van der Waals surface area contributed by atoms with Crippen LogP contribution in [0.2, 0.25) is 0 Å². The summed E-state index contributed by atoms with van der Waals surface area (Å²) in [5, 5.41) is 19.6. The van der Waals surface area contributed by atoms with Gasteiger partial charge in [-0.15, -0.1) is 0 Å². The van der Waals surface area contributed by atoms with Crippen LogP contribution < -0.4 is 5.32 Å². The van der Waals surface area contributed by atoms with Crippen molar-refractivity contribution in [1.29, 1.82) is 5.26 Å². The Morgan fingerprint density at radius 3 is 2.57 bits per heavy atom. The molecule has 0 saturated carbocycles. The Morgan fingerprint density at radius 2 is 2.10 bits per heavy atom. The topological polar surface area (TPSA) is 153 Å². The average molecular weight is 296 g/mol. The number of ketones is 1. The second-order valence-electron chi connectivity index (χ2n) is 4.33. The highest BCUT2D eigenvalue weighted by Crippen LogP contribution is 2.03. The van der Waals surface area contributed by atoms with Crippen molar-refractivity contribution in [1.82, 2.24) is 5.32 Å². The smallest absolute Gasteiger partial charge is 0.328 e. The quantitative estimate of drug-likeness (QED) is 0.192. The summed E-state index contributed by atoms with van der Waals surface area (Å²) < 4.78 is 4.91. The van der Waals surface area contributed by atoms with Crippen LogP contribution in [0.5, 0.6) is 0 Å². The number of hydrogen-bond acceptors (Lipinski definition) is 6. The second-order valence-corrected chi connectivity index (χ2v) is 4.33. The van der Waals surface area contributed by atoms with E-state index < -0.39 is 35.9 Å². The molecule has 2 atom stereocenters. The van der Waals surface area contributed by atoms with E-state index in [2.05, 4.69) is 10.1 Å². The molecule has 114 valence electrons. The fraction of sp³-hybridized carbons (Fsp3) is 0.583. The van der Waals surface area contributed by atoms with Gasteiger partial charge in [0.25, 0.3) is 5.91 Å². The van der Waals surface area contributed by atoms with Crippen LogP contribution in [-0.4, -0.2) is 52.0 Å². The van der Waals surface area contributed by atoms with E-state index in [1.807, 2.05) is 0 Å². The molecule has 0 aromatic heterocycles. The van der Waals surface area contributed by atoms with Crippen LogP contribution in [0.25, 0.3) is 5.53 Å². The minimum atomic E-state index is -1.92. The number of esters is 1. The molecule has 0 aromatic carbocycles. The number of rotatable bonds is 8. The van der Waals surface area contributed by atoms with Gasteiger partial charge in [0, 0.05) is 6.42 Å². The first kappa shape index (κ1) is 18.4. The molecule has 0 aliphatic heterocycles. The molecule has 0 rings (SSSR count). The predicted octanol–water partition coefficient (Wildman–Crippen LogP) is -1.04. The van der Waals surface area contributed by atoms with Crippen LogP contribution in [0.15, 0.2) is 0 Å². The first-order valence-electron chi connectivity index (χ1n) is 6.10. The number of nitrogens with one attached hydrogen (secondary N) is 1. The maximum absolute atomic E-state index is 11.8. The van der Waals surface area contributed by atoms with Crippen LogP contribution in [-0.2, 0) is 19.1 Å². The number of Topliss-reactive ketones (excluding diaryl/α,β-unsaturated/α-hetero) is 1. The highest BCUT2D eigenvalue weighted by molar-refractivity contribution is 6.25. The second kappa shape index (κ2) is 9.36. The summed E-state index contributed by atoms with van der Waals surface area (Å²) in [6.45, 7) is 3.20. The molecular formula is C12H16N4O5. The van der Waals surface area contributed by atoms with E-state index in [0.717, 1.165) is 0 Å². The van der Waals surface area contributed by atoms with Gasteiger partial charge < -0.3 is 20.7 Å². The van der Waals surface area contributed by atoms with Crippen molar-refractivity contribution in [3.63, 3.8) is 0 Å². The van der Waals surface area contributed by atoms with Gasteiger partial charge in [-0.05, 0) is 20.3 Å². The number of amides is 1. The summed E-state index contributed by atoms with van der Waals surface area (Å²) in [6.07, 6.45) is -2.01. The normalized spacial score (nSPS) is 12.5. The number of nitriles is 1. The number of aliphatic hydroxyl groups excluding tert-OH is 1. The highest BCUT2D eigenvalue weighted by atomic mass is 16.5. The van der Waals surface area contributed by atoms with Crippen molar-refractivity contribution in [3.05, 3.63) is 5.53 Å². The van der Waals surface area contributed by atoms with Gasteiger partial charge in [0.15, 0.2) is 0 Å².